The third-order valence-electron chi connectivity index (χ3n) is 6.83. The zero-order chi connectivity index (χ0) is 27.3. The van der Waals surface area contributed by atoms with Crippen LogP contribution < -0.4 is 10.1 Å². The molecule has 6 rings (SSSR count). The van der Waals surface area contributed by atoms with E-state index in [2.05, 4.69) is 5.32 Å². The summed E-state index contributed by atoms with van der Waals surface area (Å²) in [6.07, 6.45) is 1.08. The highest BCUT2D eigenvalue weighted by molar-refractivity contribution is 7.22. The van der Waals surface area contributed by atoms with Gasteiger partial charge < -0.3 is 29.4 Å². The molecule has 0 bridgehead atoms. The van der Waals surface area contributed by atoms with Crippen LogP contribution in [0.3, 0.4) is 0 Å². The van der Waals surface area contributed by atoms with Crippen LogP contribution in [0.5, 0.6) is 5.75 Å². The monoisotopic (exact) mass is 549 g/mol. The van der Waals surface area contributed by atoms with Gasteiger partial charge in [0, 0.05) is 34.7 Å². The van der Waals surface area contributed by atoms with Crippen LogP contribution in [0.15, 0.2) is 30.5 Å². The molecule has 0 saturated carbocycles. The van der Waals surface area contributed by atoms with E-state index in [9.17, 15) is 9.90 Å². The molecule has 1 fully saturated rings. The number of pyridine rings is 1. The Morgan fingerprint density at radius 1 is 1.23 bits per heavy atom. The number of benzene rings is 2. The first-order chi connectivity index (χ1) is 18.7. The van der Waals surface area contributed by atoms with Crippen LogP contribution in [0.4, 0.5) is 5.13 Å². The molecule has 2 aromatic heterocycles. The van der Waals surface area contributed by atoms with Gasteiger partial charge in [0.2, 0.25) is 0 Å². The van der Waals surface area contributed by atoms with Crippen LogP contribution in [0.1, 0.15) is 43.6 Å². The largest absolute Gasteiger partial charge is 0.493 e. The lowest BCUT2D eigenvalue weighted by Crippen LogP contribution is -2.28. The van der Waals surface area contributed by atoms with Crippen molar-refractivity contribution < 1.29 is 28.8 Å². The van der Waals surface area contributed by atoms with Gasteiger partial charge in [-0.05, 0) is 63.1 Å². The molecule has 2 aromatic carbocycles. The zero-order valence-electron chi connectivity index (χ0n) is 22.4. The van der Waals surface area contributed by atoms with Crippen molar-refractivity contribution in [3.05, 3.63) is 47.2 Å². The van der Waals surface area contributed by atoms with Crippen molar-refractivity contribution in [2.75, 3.05) is 31.7 Å². The third-order valence-corrected chi connectivity index (χ3v) is 7.88. The Morgan fingerprint density at radius 3 is 2.77 bits per heavy atom. The average molecular weight is 550 g/mol. The molecular formula is C29H31N3O6S. The Morgan fingerprint density at radius 2 is 2.03 bits per heavy atom. The van der Waals surface area contributed by atoms with Gasteiger partial charge in [-0.1, -0.05) is 11.3 Å². The van der Waals surface area contributed by atoms with Crippen molar-refractivity contribution in [1.82, 2.24) is 9.97 Å². The lowest BCUT2D eigenvalue weighted by atomic mass is 9.89. The minimum Gasteiger partial charge on any atom is -0.493 e. The minimum atomic E-state index is -1.19. The molecule has 204 valence electrons. The number of ether oxygens (including phenoxy) is 4. The van der Waals surface area contributed by atoms with Gasteiger partial charge >= 0.3 is 5.97 Å². The smallest absolute Gasteiger partial charge is 0.337 e. The van der Waals surface area contributed by atoms with E-state index in [1.54, 1.807) is 0 Å². The lowest BCUT2D eigenvalue weighted by Gasteiger charge is -2.28. The molecule has 10 heteroatoms. The summed E-state index contributed by atoms with van der Waals surface area (Å²) in [7, 11) is 0. The second-order valence-electron chi connectivity index (χ2n) is 10.8. The minimum absolute atomic E-state index is 0.324. The zero-order valence-corrected chi connectivity index (χ0v) is 23.2. The fourth-order valence-electron chi connectivity index (χ4n) is 5.28. The number of carboxylic acids is 1. The summed E-state index contributed by atoms with van der Waals surface area (Å²) in [6, 6.07) is 7.88. The fraction of sp³-hybridized carbons (Fsp3) is 0.414. The van der Waals surface area contributed by atoms with Crippen LogP contribution in [0.25, 0.3) is 32.2 Å². The molecule has 4 aromatic rings. The van der Waals surface area contributed by atoms with E-state index in [1.165, 1.54) is 11.3 Å². The molecule has 0 spiro atoms. The summed E-state index contributed by atoms with van der Waals surface area (Å²) in [5, 5.41) is 15.4. The summed E-state index contributed by atoms with van der Waals surface area (Å²) in [6.45, 7) is 9.72. The maximum Gasteiger partial charge on any atom is 0.337 e. The van der Waals surface area contributed by atoms with E-state index < -0.39 is 17.7 Å². The van der Waals surface area contributed by atoms with Crippen molar-refractivity contribution in [2.45, 2.75) is 52.1 Å². The molecule has 39 heavy (non-hydrogen) atoms. The molecule has 1 atom stereocenters. The molecule has 0 radical (unpaired) electrons. The van der Waals surface area contributed by atoms with Crippen molar-refractivity contribution in [3.63, 3.8) is 0 Å². The second kappa shape index (κ2) is 10.0. The van der Waals surface area contributed by atoms with E-state index in [0.29, 0.717) is 37.1 Å². The number of rotatable bonds is 7. The van der Waals surface area contributed by atoms with Gasteiger partial charge in [0.1, 0.15) is 5.75 Å². The lowest BCUT2D eigenvalue weighted by molar-refractivity contribution is -0.160. The van der Waals surface area contributed by atoms with Crippen molar-refractivity contribution >= 4 is 43.6 Å². The quantitative estimate of drug-likeness (QED) is 0.309. The number of hydrogen-bond donors (Lipinski definition) is 2. The number of nitrogens with one attached hydrogen (secondary N) is 1. The molecule has 2 aliphatic heterocycles. The average Bonchev–Trinajstić information content (AvgIpc) is 3.55. The van der Waals surface area contributed by atoms with E-state index in [4.69, 9.17) is 28.9 Å². The van der Waals surface area contributed by atoms with Crippen LogP contribution in [-0.4, -0.2) is 59.3 Å². The van der Waals surface area contributed by atoms with E-state index in [-0.39, 0.29) is 6.29 Å². The number of aliphatic carboxylic acids is 1. The molecule has 9 nitrogen and oxygen atoms in total. The molecule has 1 saturated heterocycles. The Labute approximate surface area is 230 Å². The van der Waals surface area contributed by atoms with Crippen molar-refractivity contribution in [1.29, 1.82) is 0 Å². The third kappa shape index (κ3) is 4.93. The Bertz CT molecular complexity index is 1560. The standard InChI is InChI=1S/C29H31N3O6S/c1-15-13-18-26(39-28(32-18)31-14-20-36-11-12-37-20)23(21(15)25(27(33)34)38-29(2,3)4)17-5-6-19-22-16(8-10-35-19)7-9-30-24(17)22/h5-7,9,13,20,25H,8,10-12,14H2,1-4H3,(H,31,32)(H,33,34)/t25-/m0/s1. The topological polar surface area (TPSA) is 112 Å². The number of carbonyl (C=O) groups is 1. The summed E-state index contributed by atoms with van der Waals surface area (Å²) < 4.78 is 24.1. The Kier molecular flexibility index (Phi) is 6.66. The second-order valence-corrected chi connectivity index (χ2v) is 11.8. The predicted molar refractivity (Wildman–Crippen MR) is 150 cm³/mol. The van der Waals surface area contributed by atoms with Gasteiger partial charge in [-0.15, -0.1) is 0 Å². The molecular weight excluding hydrogens is 518 g/mol. The maximum absolute atomic E-state index is 12.7. The number of thiazole rings is 1. The highest BCUT2D eigenvalue weighted by atomic mass is 32.1. The molecule has 2 aliphatic rings. The Balaban J connectivity index is 1.59. The summed E-state index contributed by atoms with van der Waals surface area (Å²) in [5.74, 6) is -0.261. The SMILES string of the molecule is Cc1cc2nc(NCC3OCCO3)sc2c(-c2ccc3c4c(ccnc24)CCO3)c1[C@H](OC(C)(C)C)C(=O)O. The number of nitrogens with zero attached hydrogens (tertiary/aromatic N) is 2. The van der Waals surface area contributed by atoms with Gasteiger partial charge in [-0.25, -0.2) is 9.78 Å². The Hall–Kier alpha value is -3.31. The molecule has 0 amide bonds. The first kappa shape index (κ1) is 25.9. The van der Waals surface area contributed by atoms with E-state index in [1.807, 2.05) is 58.2 Å². The van der Waals surface area contributed by atoms with Crippen LogP contribution in [-0.2, 0) is 25.4 Å². The maximum atomic E-state index is 12.7. The number of hydrogen-bond acceptors (Lipinski definition) is 9. The van der Waals surface area contributed by atoms with Crippen LogP contribution in [0.2, 0.25) is 0 Å². The highest BCUT2D eigenvalue weighted by Crippen LogP contribution is 2.47. The summed E-state index contributed by atoms with van der Waals surface area (Å²) >= 11 is 1.47. The first-order valence-electron chi connectivity index (χ1n) is 13.0. The van der Waals surface area contributed by atoms with Crippen molar-refractivity contribution in [2.24, 2.45) is 0 Å². The van der Waals surface area contributed by atoms with Crippen LogP contribution in [0, 0.1) is 6.92 Å². The molecule has 4 heterocycles. The highest BCUT2D eigenvalue weighted by Gasteiger charge is 2.33. The number of aromatic nitrogens is 2. The van der Waals surface area contributed by atoms with Gasteiger partial charge in [0.05, 0.1) is 47.7 Å². The summed E-state index contributed by atoms with van der Waals surface area (Å²) in [5.41, 5.74) is 4.99. The number of carboxylic acid groups (broad SMARTS) is 1. The van der Waals surface area contributed by atoms with Gasteiger partial charge in [-0.2, -0.15) is 0 Å². The number of fused-ring (bicyclic) bond motifs is 1. The number of anilines is 1. The van der Waals surface area contributed by atoms with Gasteiger partial charge in [-0.3, -0.25) is 4.98 Å². The summed E-state index contributed by atoms with van der Waals surface area (Å²) in [4.78, 5) is 22.3. The molecule has 0 aliphatic carbocycles. The predicted octanol–water partition coefficient (Wildman–Crippen LogP) is 5.48. The normalized spacial score (nSPS) is 16.5. The first-order valence-corrected chi connectivity index (χ1v) is 13.9. The molecule has 0 unspecified atom stereocenters. The molecule has 2 N–H and O–H groups in total. The fourth-order valence-corrected chi connectivity index (χ4v) is 6.30. The van der Waals surface area contributed by atoms with Crippen LogP contribution >= 0.6 is 11.3 Å². The van der Waals surface area contributed by atoms with E-state index in [0.717, 1.165) is 55.5 Å². The van der Waals surface area contributed by atoms with E-state index >= 15 is 0 Å². The number of aryl methyl sites for hydroxylation is 1. The van der Waals surface area contributed by atoms with Gasteiger partial charge in [0.25, 0.3) is 0 Å². The van der Waals surface area contributed by atoms with Gasteiger partial charge in [0.15, 0.2) is 17.5 Å². The van der Waals surface area contributed by atoms with Crippen molar-refractivity contribution in [3.8, 4) is 16.9 Å².